The van der Waals surface area contributed by atoms with Crippen LogP contribution in [0.2, 0.25) is 0 Å². The monoisotopic (exact) mass is 220 g/mol. The second-order valence-corrected chi connectivity index (χ2v) is 4.10. The van der Waals surface area contributed by atoms with Gasteiger partial charge in [-0.25, -0.2) is 0 Å². The predicted molar refractivity (Wildman–Crippen MR) is 66.0 cm³/mol. The summed E-state index contributed by atoms with van der Waals surface area (Å²) in [4.78, 5) is 10.9. The van der Waals surface area contributed by atoms with E-state index in [1.807, 2.05) is 0 Å². The van der Waals surface area contributed by atoms with E-state index in [0.29, 0.717) is 6.42 Å². The maximum atomic E-state index is 10.9. The van der Waals surface area contributed by atoms with Gasteiger partial charge in [0.15, 0.2) is 0 Å². The Kier molecular flexibility index (Phi) is 5.03. The standard InChI is InChI=1S/C14H20O2/c1-4-5-12-7-9-13(8-6-11(2)15)14(10-12)16-3/h7,9-10H,4-6,8H2,1-3H3. The molecule has 2 heteroatoms. The normalized spacial score (nSPS) is 10.2. The Morgan fingerprint density at radius 3 is 2.62 bits per heavy atom. The zero-order chi connectivity index (χ0) is 12.0. The first kappa shape index (κ1) is 12.8. The Labute approximate surface area is 97.6 Å². The van der Waals surface area contributed by atoms with E-state index in [9.17, 15) is 4.79 Å². The fraction of sp³-hybridized carbons (Fsp3) is 0.500. The third kappa shape index (κ3) is 3.69. The molecule has 0 bridgehead atoms. The van der Waals surface area contributed by atoms with Crippen molar-refractivity contribution in [2.75, 3.05) is 7.11 Å². The molecule has 1 aromatic rings. The molecule has 0 spiro atoms. The lowest BCUT2D eigenvalue weighted by molar-refractivity contribution is -0.116. The van der Waals surface area contributed by atoms with Gasteiger partial charge in [0, 0.05) is 6.42 Å². The minimum Gasteiger partial charge on any atom is -0.496 e. The number of carbonyl (C=O) groups excluding carboxylic acids is 1. The molecule has 16 heavy (non-hydrogen) atoms. The Bertz CT molecular complexity index is 356. The molecule has 0 fully saturated rings. The fourth-order valence-electron chi connectivity index (χ4n) is 1.75. The van der Waals surface area contributed by atoms with Gasteiger partial charge in [-0.05, 0) is 37.0 Å². The van der Waals surface area contributed by atoms with E-state index in [1.54, 1.807) is 14.0 Å². The molecule has 0 saturated heterocycles. The largest absolute Gasteiger partial charge is 0.496 e. The van der Waals surface area contributed by atoms with Gasteiger partial charge in [-0.1, -0.05) is 25.5 Å². The van der Waals surface area contributed by atoms with Crippen molar-refractivity contribution in [3.63, 3.8) is 0 Å². The quantitative estimate of drug-likeness (QED) is 0.736. The predicted octanol–water partition coefficient (Wildman–Crippen LogP) is 3.17. The maximum Gasteiger partial charge on any atom is 0.130 e. The van der Waals surface area contributed by atoms with Crippen molar-refractivity contribution in [3.8, 4) is 5.75 Å². The number of hydrogen-bond donors (Lipinski definition) is 0. The average Bonchev–Trinajstić information content (AvgIpc) is 2.27. The van der Waals surface area contributed by atoms with Gasteiger partial charge < -0.3 is 9.53 Å². The van der Waals surface area contributed by atoms with Gasteiger partial charge in [-0.15, -0.1) is 0 Å². The van der Waals surface area contributed by atoms with Gasteiger partial charge in [0.1, 0.15) is 11.5 Å². The molecule has 0 aromatic heterocycles. The van der Waals surface area contributed by atoms with Crippen LogP contribution in [-0.2, 0) is 17.6 Å². The van der Waals surface area contributed by atoms with Gasteiger partial charge in [0.05, 0.1) is 7.11 Å². The number of rotatable bonds is 6. The van der Waals surface area contributed by atoms with Crippen molar-refractivity contribution >= 4 is 5.78 Å². The highest BCUT2D eigenvalue weighted by Gasteiger charge is 2.05. The lowest BCUT2D eigenvalue weighted by Gasteiger charge is -2.09. The van der Waals surface area contributed by atoms with Crippen molar-refractivity contribution in [2.24, 2.45) is 0 Å². The molecule has 0 aliphatic rings. The first-order valence-electron chi connectivity index (χ1n) is 5.82. The number of ether oxygens (including phenoxy) is 1. The Hall–Kier alpha value is -1.31. The molecule has 0 atom stereocenters. The van der Waals surface area contributed by atoms with Gasteiger partial charge in [0.25, 0.3) is 0 Å². The summed E-state index contributed by atoms with van der Waals surface area (Å²) in [5.74, 6) is 1.13. The Morgan fingerprint density at radius 1 is 1.31 bits per heavy atom. The number of ketones is 1. The van der Waals surface area contributed by atoms with Crippen LogP contribution in [0.4, 0.5) is 0 Å². The number of aryl methyl sites for hydroxylation is 2. The van der Waals surface area contributed by atoms with E-state index < -0.39 is 0 Å². The molecular weight excluding hydrogens is 200 g/mol. The van der Waals surface area contributed by atoms with Crippen LogP contribution in [0.5, 0.6) is 5.75 Å². The lowest BCUT2D eigenvalue weighted by Crippen LogP contribution is -1.98. The van der Waals surface area contributed by atoms with Crippen molar-refractivity contribution in [1.29, 1.82) is 0 Å². The van der Waals surface area contributed by atoms with E-state index in [1.165, 1.54) is 5.56 Å². The highest BCUT2D eigenvalue weighted by molar-refractivity contribution is 5.75. The van der Waals surface area contributed by atoms with Gasteiger partial charge >= 0.3 is 0 Å². The number of methoxy groups -OCH3 is 1. The van der Waals surface area contributed by atoms with Crippen LogP contribution in [-0.4, -0.2) is 12.9 Å². The number of benzene rings is 1. The molecule has 0 saturated carbocycles. The minimum atomic E-state index is 0.222. The van der Waals surface area contributed by atoms with Crippen molar-refractivity contribution in [1.82, 2.24) is 0 Å². The summed E-state index contributed by atoms with van der Waals surface area (Å²) in [6.07, 6.45) is 3.56. The third-order valence-electron chi connectivity index (χ3n) is 2.64. The minimum absolute atomic E-state index is 0.222. The number of Topliss-reactive ketones (excluding diaryl/α,β-unsaturated/α-hetero) is 1. The number of hydrogen-bond acceptors (Lipinski definition) is 2. The van der Waals surface area contributed by atoms with E-state index in [4.69, 9.17) is 4.74 Å². The van der Waals surface area contributed by atoms with Crippen molar-refractivity contribution < 1.29 is 9.53 Å². The molecule has 0 aliphatic carbocycles. The van der Waals surface area contributed by atoms with Crippen LogP contribution in [0.15, 0.2) is 18.2 Å². The summed E-state index contributed by atoms with van der Waals surface area (Å²) in [6.45, 7) is 3.79. The van der Waals surface area contributed by atoms with Crippen LogP contribution in [0.3, 0.4) is 0 Å². The molecule has 0 radical (unpaired) electrons. The summed E-state index contributed by atoms with van der Waals surface area (Å²) < 4.78 is 5.35. The Morgan fingerprint density at radius 2 is 2.06 bits per heavy atom. The molecule has 0 amide bonds. The van der Waals surface area contributed by atoms with Crippen molar-refractivity contribution in [2.45, 2.75) is 39.5 Å². The van der Waals surface area contributed by atoms with E-state index >= 15 is 0 Å². The summed E-state index contributed by atoms with van der Waals surface area (Å²) in [5, 5.41) is 0. The molecule has 1 rings (SSSR count). The number of carbonyl (C=O) groups is 1. The van der Waals surface area contributed by atoms with Gasteiger partial charge in [-0.2, -0.15) is 0 Å². The molecule has 0 N–H and O–H groups in total. The molecule has 88 valence electrons. The fourth-order valence-corrected chi connectivity index (χ4v) is 1.75. The van der Waals surface area contributed by atoms with E-state index in [2.05, 4.69) is 25.1 Å². The maximum absolute atomic E-state index is 10.9. The highest BCUT2D eigenvalue weighted by atomic mass is 16.5. The second kappa shape index (κ2) is 6.31. The lowest BCUT2D eigenvalue weighted by atomic mass is 10.0. The zero-order valence-electron chi connectivity index (χ0n) is 10.4. The highest BCUT2D eigenvalue weighted by Crippen LogP contribution is 2.22. The van der Waals surface area contributed by atoms with Crippen molar-refractivity contribution in [3.05, 3.63) is 29.3 Å². The van der Waals surface area contributed by atoms with Crippen LogP contribution in [0.1, 0.15) is 37.8 Å². The Balaban J connectivity index is 2.80. The SMILES string of the molecule is CCCc1ccc(CCC(C)=O)c(OC)c1. The van der Waals surface area contributed by atoms with E-state index in [-0.39, 0.29) is 5.78 Å². The molecule has 2 nitrogen and oxygen atoms in total. The molecule has 0 unspecified atom stereocenters. The molecule has 1 aromatic carbocycles. The third-order valence-corrected chi connectivity index (χ3v) is 2.64. The summed E-state index contributed by atoms with van der Waals surface area (Å²) in [5.41, 5.74) is 2.42. The summed E-state index contributed by atoms with van der Waals surface area (Å²) >= 11 is 0. The van der Waals surface area contributed by atoms with Crippen LogP contribution >= 0.6 is 0 Å². The second-order valence-electron chi connectivity index (χ2n) is 4.10. The molecule has 0 aliphatic heterocycles. The summed E-state index contributed by atoms with van der Waals surface area (Å²) in [7, 11) is 1.68. The van der Waals surface area contributed by atoms with E-state index in [0.717, 1.165) is 30.6 Å². The van der Waals surface area contributed by atoms with Gasteiger partial charge in [-0.3, -0.25) is 0 Å². The smallest absolute Gasteiger partial charge is 0.130 e. The average molecular weight is 220 g/mol. The summed E-state index contributed by atoms with van der Waals surface area (Å²) in [6, 6.07) is 6.28. The topological polar surface area (TPSA) is 26.3 Å². The first-order chi connectivity index (χ1) is 7.67. The zero-order valence-corrected chi connectivity index (χ0v) is 10.4. The van der Waals surface area contributed by atoms with Crippen LogP contribution < -0.4 is 4.74 Å². The van der Waals surface area contributed by atoms with Crippen LogP contribution in [0.25, 0.3) is 0 Å². The van der Waals surface area contributed by atoms with Gasteiger partial charge in [0.2, 0.25) is 0 Å². The molecular formula is C14H20O2. The van der Waals surface area contributed by atoms with Crippen LogP contribution in [0, 0.1) is 0 Å². The first-order valence-corrected chi connectivity index (χ1v) is 5.82. The molecule has 0 heterocycles.